The zero-order valence-corrected chi connectivity index (χ0v) is 14.3. The summed E-state index contributed by atoms with van der Waals surface area (Å²) in [6, 6.07) is 9.51. The summed E-state index contributed by atoms with van der Waals surface area (Å²) in [5.41, 5.74) is 0.432. The van der Waals surface area contributed by atoms with Gasteiger partial charge >= 0.3 is 12.2 Å². The maximum absolute atomic E-state index is 12.2. The van der Waals surface area contributed by atoms with Gasteiger partial charge in [0.25, 0.3) is 0 Å². The van der Waals surface area contributed by atoms with Crippen molar-refractivity contribution < 1.29 is 19.1 Å². The summed E-state index contributed by atoms with van der Waals surface area (Å²) in [7, 11) is 0. The number of fused-ring (bicyclic) bond motifs is 1. The molecule has 3 aliphatic rings. The number of carbonyl (C=O) groups is 2. The predicted octanol–water partition coefficient (Wildman–Crippen LogP) is 2.92. The molecule has 3 atom stereocenters. The molecule has 2 heterocycles. The third-order valence-corrected chi connectivity index (χ3v) is 4.42. The Hall–Kier alpha value is -2.24. The highest BCUT2D eigenvalue weighted by molar-refractivity contribution is 5.72. The lowest BCUT2D eigenvalue weighted by molar-refractivity contribution is 0.0219. The quantitative estimate of drug-likeness (QED) is 0.924. The van der Waals surface area contributed by atoms with Crippen molar-refractivity contribution in [1.29, 1.82) is 0 Å². The minimum Gasteiger partial charge on any atom is -0.445 e. The number of nitrogens with zero attached hydrogens (tertiary/aromatic N) is 1. The summed E-state index contributed by atoms with van der Waals surface area (Å²) in [6.45, 7) is 6.42. The van der Waals surface area contributed by atoms with E-state index in [1.807, 2.05) is 51.1 Å². The number of carbonyl (C=O) groups excluding carboxylic acids is 2. The third-order valence-electron chi connectivity index (χ3n) is 4.42. The molecule has 6 nitrogen and oxygen atoms in total. The van der Waals surface area contributed by atoms with Crippen molar-refractivity contribution >= 4 is 12.2 Å². The average molecular weight is 332 g/mol. The summed E-state index contributed by atoms with van der Waals surface area (Å²) in [6.07, 6.45) is 0.157. The van der Waals surface area contributed by atoms with E-state index in [2.05, 4.69) is 5.32 Å². The molecule has 2 aliphatic heterocycles. The highest BCUT2D eigenvalue weighted by Crippen LogP contribution is 2.41. The van der Waals surface area contributed by atoms with Gasteiger partial charge in [0.15, 0.2) is 0 Å². The Labute approximate surface area is 142 Å². The van der Waals surface area contributed by atoms with Gasteiger partial charge in [-0.25, -0.2) is 9.59 Å². The average Bonchev–Trinajstić information content (AvgIpc) is 3.09. The van der Waals surface area contributed by atoms with E-state index in [9.17, 15) is 9.59 Å². The normalized spacial score (nSPS) is 25.0. The topological polar surface area (TPSA) is 67.9 Å². The minimum absolute atomic E-state index is 0.00845. The number of hydrogen-bond acceptors (Lipinski definition) is 4. The molecule has 1 aromatic rings. The lowest BCUT2D eigenvalue weighted by Gasteiger charge is -2.36. The fourth-order valence-electron chi connectivity index (χ4n) is 3.26. The Balaban J connectivity index is 1.47. The Bertz CT molecular complexity index is 611. The van der Waals surface area contributed by atoms with Crippen LogP contribution >= 0.6 is 0 Å². The second-order valence-corrected chi connectivity index (χ2v) is 7.43. The maximum Gasteiger partial charge on any atom is 0.410 e. The lowest BCUT2D eigenvalue weighted by atomic mass is 9.80. The van der Waals surface area contributed by atoms with E-state index >= 15 is 0 Å². The Morgan fingerprint density at radius 3 is 2.62 bits per heavy atom. The van der Waals surface area contributed by atoms with Crippen molar-refractivity contribution in [3.63, 3.8) is 0 Å². The summed E-state index contributed by atoms with van der Waals surface area (Å²) in [4.78, 5) is 25.9. The van der Waals surface area contributed by atoms with Crippen LogP contribution < -0.4 is 5.32 Å². The van der Waals surface area contributed by atoms with E-state index in [1.54, 1.807) is 4.90 Å². The van der Waals surface area contributed by atoms with Gasteiger partial charge in [-0.2, -0.15) is 0 Å². The summed E-state index contributed by atoms with van der Waals surface area (Å²) in [5, 5.41) is 2.89. The smallest absolute Gasteiger partial charge is 0.410 e. The van der Waals surface area contributed by atoms with Gasteiger partial charge in [0, 0.05) is 12.5 Å². The minimum atomic E-state index is -0.512. The molecule has 0 unspecified atom stereocenters. The molecule has 0 radical (unpaired) electrons. The predicted molar refractivity (Wildman–Crippen MR) is 88.4 cm³/mol. The molecule has 6 heteroatoms. The Kier molecular flexibility index (Phi) is 4.39. The van der Waals surface area contributed by atoms with Gasteiger partial charge in [-0.1, -0.05) is 30.3 Å². The second kappa shape index (κ2) is 6.34. The van der Waals surface area contributed by atoms with Crippen LogP contribution in [0.15, 0.2) is 30.3 Å². The molecule has 2 saturated heterocycles. The number of hydrogen-bond donors (Lipinski definition) is 1. The Morgan fingerprint density at radius 1 is 1.25 bits per heavy atom. The van der Waals surface area contributed by atoms with Gasteiger partial charge < -0.3 is 19.7 Å². The largest absolute Gasteiger partial charge is 0.445 e. The number of alkyl carbamates (subject to hydrolysis) is 1. The number of ether oxygens (including phenoxy) is 2. The van der Waals surface area contributed by atoms with Crippen molar-refractivity contribution in [2.45, 2.75) is 51.5 Å². The number of amides is 2. The highest BCUT2D eigenvalue weighted by atomic mass is 16.6. The first-order valence-corrected chi connectivity index (χ1v) is 8.30. The molecular formula is C18H24N2O4. The van der Waals surface area contributed by atoms with E-state index in [-0.39, 0.29) is 30.7 Å². The summed E-state index contributed by atoms with van der Waals surface area (Å²) in [5.74, 6) is 0.284. The molecular weight excluding hydrogens is 308 g/mol. The molecule has 2 bridgehead atoms. The number of benzene rings is 1. The van der Waals surface area contributed by atoms with Gasteiger partial charge in [-0.05, 0) is 32.8 Å². The van der Waals surface area contributed by atoms with Crippen molar-refractivity contribution in [3.05, 3.63) is 35.9 Å². The molecule has 130 valence electrons. The maximum atomic E-state index is 12.2. The van der Waals surface area contributed by atoms with Crippen molar-refractivity contribution in [3.8, 4) is 0 Å². The first-order valence-electron chi connectivity index (χ1n) is 8.30. The monoisotopic (exact) mass is 332 g/mol. The molecule has 1 saturated carbocycles. The highest BCUT2D eigenvalue weighted by Gasteiger charge is 2.55. The van der Waals surface area contributed by atoms with E-state index in [0.717, 1.165) is 12.0 Å². The standard InChI is InChI=1S/C18H24N2O4/c1-18(2,3)24-17(22)20-10-13-9-14(20)15(13)19-16(21)23-11-12-7-5-4-6-8-12/h4-8,13-15H,9-11H2,1-3H3,(H,19,21)/t13-,14-,15+/m0/s1. The van der Waals surface area contributed by atoms with E-state index in [0.29, 0.717) is 6.54 Å². The van der Waals surface area contributed by atoms with E-state index in [1.165, 1.54) is 0 Å². The molecule has 1 aliphatic carbocycles. The van der Waals surface area contributed by atoms with Gasteiger partial charge in [0.05, 0.1) is 12.1 Å². The molecule has 0 aromatic heterocycles. The molecule has 1 aromatic carbocycles. The van der Waals surface area contributed by atoms with Gasteiger partial charge in [0.2, 0.25) is 0 Å². The molecule has 0 spiro atoms. The van der Waals surface area contributed by atoms with Crippen molar-refractivity contribution in [2.75, 3.05) is 6.54 Å². The third kappa shape index (κ3) is 3.63. The number of nitrogens with one attached hydrogen (secondary N) is 1. The first-order chi connectivity index (χ1) is 11.3. The van der Waals surface area contributed by atoms with Crippen molar-refractivity contribution in [1.82, 2.24) is 10.2 Å². The van der Waals surface area contributed by atoms with Gasteiger partial charge in [-0.15, -0.1) is 0 Å². The van der Waals surface area contributed by atoms with Crippen LogP contribution in [0.5, 0.6) is 0 Å². The van der Waals surface area contributed by atoms with Crippen LogP contribution in [0.4, 0.5) is 9.59 Å². The van der Waals surface area contributed by atoms with Crippen LogP contribution in [0.1, 0.15) is 32.8 Å². The van der Waals surface area contributed by atoms with Crippen molar-refractivity contribution in [2.24, 2.45) is 5.92 Å². The molecule has 2 amide bonds. The van der Waals surface area contributed by atoms with Gasteiger partial charge in [-0.3, -0.25) is 0 Å². The summed E-state index contributed by atoms with van der Waals surface area (Å²) < 4.78 is 10.7. The molecule has 1 N–H and O–H groups in total. The van der Waals surface area contributed by atoms with Gasteiger partial charge in [0.1, 0.15) is 12.2 Å². The fraction of sp³-hybridized carbons (Fsp3) is 0.556. The summed E-state index contributed by atoms with van der Waals surface area (Å²) >= 11 is 0. The lowest BCUT2D eigenvalue weighted by Crippen LogP contribution is -2.55. The Morgan fingerprint density at radius 2 is 1.96 bits per heavy atom. The van der Waals surface area contributed by atoms with Crippen LogP contribution in [-0.4, -0.2) is 41.3 Å². The number of rotatable bonds is 3. The van der Waals surface area contributed by atoms with E-state index < -0.39 is 11.7 Å². The van der Waals surface area contributed by atoms with Crippen LogP contribution in [0.2, 0.25) is 0 Å². The van der Waals surface area contributed by atoms with Crippen LogP contribution in [-0.2, 0) is 16.1 Å². The zero-order chi connectivity index (χ0) is 17.3. The molecule has 4 rings (SSSR count). The molecule has 3 fully saturated rings. The zero-order valence-electron chi connectivity index (χ0n) is 14.3. The first kappa shape index (κ1) is 16.6. The second-order valence-electron chi connectivity index (χ2n) is 7.43. The molecule has 24 heavy (non-hydrogen) atoms. The fourth-order valence-corrected chi connectivity index (χ4v) is 3.26. The SMILES string of the molecule is CC(C)(C)OC(=O)N1C[C@@H]2C[C@H]1[C@@H]2NC(=O)OCc1ccccc1. The van der Waals surface area contributed by atoms with Crippen LogP contribution in [0, 0.1) is 5.92 Å². The van der Waals surface area contributed by atoms with Crippen LogP contribution in [0.3, 0.4) is 0 Å². The van der Waals surface area contributed by atoms with E-state index in [4.69, 9.17) is 9.47 Å². The van der Waals surface area contributed by atoms with Crippen LogP contribution in [0.25, 0.3) is 0 Å².